The molecular formula is C30H24Cl3F3N4O2. The minimum atomic E-state index is -4.39. The Morgan fingerprint density at radius 2 is 1.55 bits per heavy atom. The molecule has 0 spiro atoms. The Balaban J connectivity index is 1.41. The molecule has 2 heterocycles. The SMILES string of the molecule is Cc1c(-c2nnc(C(C)(C)COCc3ccc(C(F)(F)F)cc3)o2)nn(-c2ccc(Cl)cc2Cl)c1-c1ccc(Cl)cc1. The number of alkyl halides is 3. The van der Waals surface area contributed by atoms with Gasteiger partial charge in [-0.15, -0.1) is 10.2 Å². The average molecular weight is 636 g/mol. The standard InChI is InChI=1S/C30H24Cl3F3N4O2/c1-17-25(39-40(24-13-12-22(32)14-23(24)33)26(17)19-6-10-21(31)11-7-19)27-37-38-28(42-27)29(2,3)16-41-15-18-4-8-20(9-5-18)30(34,35)36/h4-14H,15-16H2,1-3H3. The lowest BCUT2D eigenvalue weighted by Gasteiger charge is -2.20. The van der Waals surface area contributed by atoms with Crippen LogP contribution in [-0.2, 0) is 22.9 Å². The van der Waals surface area contributed by atoms with Crippen LogP contribution in [0, 0.1) is 6.92 Å². The zero-order valence-electron chi connectivity index (χ0n) is 22.6. The Hall–Kier alpha value is -3.37. The van der Waals surface area contributed by atoms with Gasteiger partial charge in [-0.3, -0.25) is 0 Å². The van der Waals surface area contributed by atoms with Gasteiger partial charge < -0.3 is 9.15 Å². The van der Waals surface area contributed by atoms with Crippen molar-refractivity contribution in [2.45, 2.75) is 39.0 Å². The molecular weight excluding hydrogens is 612 g/mol. The zero-order valence-corrected chi connectivity index (χ0v) is 24.9. The van der Waals surface area contributed by atoms with Crippen LogP contribution in [0.1, 0.15) is 36.4 Å². The van der Waals surface area contributed by atoms with Gasteiger partial charge in [0.15, 0.2) is 5.69 Å². The van der Waals surface area contributed by atoms with E-state index in [0.717, 1.165) is 29.0 Å². The first-order valence-corrected chi connectivity index (χ1v) is 13.9. The Bertz CT molecular complexity index is 1710. The highest BCUT2D eigenvalue weighted by Crippen LogP contribution is 2.37. The first-order chi connectivity index (χ1) is 19.8. The van der Waals surface area contributed by atoms with E-state index in [2.05, 4.69) is 10.2 Å². The van der Waals surface area contributed by atoms with Crippen LogP contribution in [-0.4, -0.2) is 26.6 Å². The molecule has 0 amide bonds. The summed E-state index contributed by atoms with van der Waals surface area (Å²) in [5, 5.41) is 14.8. The van der Waals surface area contributed by atoms with Gasteiger partial charge in [0.05, 0.1) is 40.6 Å². The van der Waals surface area contributed by atoms with E-state index in [0.29, 0.717) is 37.9 Å². The van der Waals surface area contributed by atoms with E-state index in [9.17, 15) is 13.2 Å². The Morgan fingerprint density at radius 3 is 2.19 bits per heavy atom. The topological polar surface area (TPSA) is 66.0 Å². The summed E-state index contributed by atoms with van der Waals surface area (Å²) in [7, 11) is 0. The Kier molecular flexibility index (Phi) is 8.40. The molecule has 0 unspecified atom stereocenters. The molecule has 0 bridgehead atoms. The van der Waals surface area contributed by atoms with Crippen molar-refractivity contribution in [1.82, 2.24) is 20.0 Å². The number of hydrogen-bond acceptors (Lipinski definition) is 5. The van der Waals surface area contributed by atoms with Gasteiger partial charge in [0.2, 0.25) is 5.89 Å². The monoisotopic (exact) mass is 634 g/mol. The highest BCUT2D eigenvalue weighted by atomic mass is 35.5. The second-order valence-electron chi connectivity index (χ2n) is 10.3. The lowest BCUT2D eigenvalue weighted by molar-refractivity contribution is -0.137. The molecule has 2 aromatic heterocycles. The minimum absolute atomic E-state index is 0.123. The summed E-state index contributed by atoms with van der Waals surface area (Å²) in [6, 6.07) is 17.3. The predicted octanol–water partition coefficient (Wildman–Crippen LogP) is 9.37. The van der Waals surface area contributed by atoms with Crippen LogP contribution in [0.2, 0.25) is 15.1 Å². The molecule has 0 fully saturated rings. The molecule has 5 rings (SSSR count). The van der Waals surface area contributed by atoms with Gasteiger partial charge in [0.1, 0.15) is 0 Å². The molecule has 0 aliphatic rings. The molecule has 0 atom stereocenters. The number of benzene rings is 3. The van der Waals surface area contributed by atoms with Crippen LogP contribution in [0.3, 0.4) is 0 Å². The summed E-state index contributed by atoms with van der Waals surface area (Å²) in [6.07, 6.45) is -4.39. The van der Waals surface area contributed by atoms with Crippen LogP contribution in [0.5, 0.6) is 0 Å². The minimum Gasteiger partial charge on any atom is -0.419 e. The van der Waals surface area contributed by atoms with Crippen molar-refractivity contribution in [3.63, 3.8) is 0 Å². The lowest BCUT2D eigenvalue weighted by atomic mass is 9.95. The molecule has 0 aliphatic heterocycles. The van der Waals surface area contributed by atoms with Crippen molar-refractivity contribution in [3.05, 3.63) is 104 Å². The Morgan fingerprint density at radius 1 is 0.881 bits per heavy atom. The molecule has 218 valence electrons. The van der Waals surface area contributed by atoms with Crippen molar-refractivity contribution in [3.8, 4) is 28.5 Å². The largest absolute Gasteiger partial charge is 0.419 e. The van der Waals surface area contributed by atoms with Crippen molar-refractivity contribution >= 4 is 34.8 Å². The number of nitrogens with zero attached hydrogens (tertiary/aromatic N) is 4. The fourth-order valence-corrected chi connectivity index (χ4v) is 4.96. The van der Waals surface area contributed by atoms with Crippen molar-refractivity contribution < 1.29 is 22.3 Å². The third-order valence-corrected chi connectivity index (χ3v) is 7.39. The van der Waals surface area contributed by atoms with Crippen LogP contribution >= 0.6 is 34.8 Å². The van der Waals surface area contributed by atoms with Gasteiger partial charge in [0.25, 0.3) is 5.89 Å². The summed E-state index contributed by atoms with van der Waals surface area (Å²) < 4.78 is 52.1. The second-order valence-corrected chi connectivity index (χ2v) is 11.6. The van der Waals surface area contributed by atoms with Crippen molar-refractivity contribution in [1.29, 1.82) is 0 Å². The predicted molar refractivity (Wildman–Crippen MR) is 156 cm³/mol. The van der Waals surface area contributed by atoms with Crippen LogP contribution in [0.25, 0.3) is 28.5 Å². The van der Waals surface area contributed by atoms with E-state index in [1.165, 1.54) is 12.1 Å². The molecule has 42 heavy (non-hydrogen) atoms. The maximum absolute atomic E-state index is 12.8. The highest BCUT2D eigenvalue weighted by Gasteiger charge is 2.31. The van der Waals surface area contributed by atoms with Gasteiger partial charge in [-0.2, -0.15) is 18.3 Å². The van der Waals surface area contributed by atoms with E-state index in [-0.39, 0.29) is 19.1 Å². The lowest BCUT2D eigenvalue weighted by Crippen LogP contribution is -2.24. The quantitative estimate of drug-likeness (QED) is 0.170. The summed E-state index contributed by atoms with van der Waals surface area (Å²) in [5.41, 5.74) is 2.65. The summed E-state index contributed by atoms with van der Waals surface area (Å²) in [5.74, 6) is 0.522. The van der Waals surface area contributed by atoms with Gasteiger partial charge in [0, 0.05) is 21.2 Å². The fraction of sp³-hybridized carbons (Fsp3) is 0.233. The fourth-order valence-electron chi connectivity index (χ4n) is 4.34. The van der Waals surface area contributed by atoms with Gasteiger partial charge in [-0.05, 0) is 68.8 Å². The summed E-state index contributed by atoms with van der Waals surface area (Å²) >= 11 is 18.8. The molecule has 0 saturated carbocycles. The van der Waals surface area contributed by atoms with Gasteiger partial charge >= 0.3 is 6.18 Å². The number of aromatic nitrogens is 4. The summed E-state index contributed by atoms with van der Waals surface area (Å²) in [6.45, 7) is 5.94. The van der Waals surface area contributed by atoms with Crippen molar-refractivity contribution in [2.75, 3.05) is 6.61 Å². The molecule has 0 saturated heterocycles. The van der Waals surface area contributed by atoms with Gasteiger partial charge in [-0.25, -0.2) is 4.68 Å². The van der Waals surface area contributed by atoms with E-state index in [1.54, 1.807) is 35.0 Å². The second kappa shape index (κ2) is 11.7. The normalized spacial score (nSPS) is 12.2. The zero-order chi connectivity index (χ0) is 30.2. The first-order valence-electron chi connectivity index (χ1n) is 12.7. The molecule has 5 aromatic rings. The number of rotatable bonds is 8. The van der Waals surface area contributed by atoms with E-state index >= 15 is 0 Å². The molecule has 0 aliphatic carbocycles. The summed E-state index contributed by atoms with van der Waals surface area (Å²) in [4.78, 5) is 0. The molecule has 12 heteroatoms. The number of ether oxygens (including phenoxy) is 1. The molecule has 0 radical (unpaired) electrons. The maximum Gasteiger partial charge on any atom is 0.416 e. The van der Waals surface area contributed by atoms with Gasteiger partial charge in [-0.1, -0.05) is 59.1 Å². The third kappa shape index (κ3) is 6.34. The average Bonchev–Trinajstić information content (AvgIpc) is 3.55. The Labute approximate surface area is 255 Å². The van der Waals surface area contributed by atoms with E-state index in [1.807, 2.05) is 32.9 Å². The van der Waals surface area contributed by atoms with E-state index in [4.69, 9.17) is 49.1 Å². The van der Waals surface area contributed by atoms with E-state index < -0.39 is 17.2 Å². The highest BCUT2D eigenvalue weighted by molar-refractivity contribution is 6.35. The van der Waals surface area contributed by atoms with Crippen molar-refractivity contribution in [2.24, 2.45) is 0 Å². The maximum atomic E-state index is 12.8. The van der Waals surface area contributed by atoms with Crippen LogP contribution < -0.4 is 0 Å². The third-order valence-electron chi connectivity index (χ3n) is 6.60. The van der Waals surface area contributed by atoms with Crippen LogP contribution in [0.4, 0.5) is 13.2 Å². The van der Waals surface area contributed by atoms with Crippen LogP contribution in [0.15, 0.2) is 71.1 Å². The smallest absolute Gasteiger partial charge is 0.416 e. The molecule has 6 nitrogen and oxygen atoms in total. The first kappa shape index (κ1) is 30.1. The molecule has 0 N–H and O–H groups in total. The molecule has 3 aromatic carbocycles. The number of halogens is 6. The number of hydrogen-bond donors (Lipinski definition) is 0.